The van der Waals surface area contributed by atoms with Crippen molar-refractivity contribution in [3.05, 3.63) is 58.2 Å². The topological polar surface area (TPSA) is 119 Å². The normalized spacial score (nSPS) is 21.6. The summed E-state index contributed by atoms with van der Waals surface area (Å²) in [7, 11) is 0. The maximum atomic E-state index is 12.6. The molecule has 132 valence electrons. The number of nitrogens with zero attached hydrogens (tertiary/aromatic N) is 1. The van der Waals surface area contributed by atoms with Crippen LogP contribution in [0.15, 0.2) is 42.5 Å². The average Bonchev–Trinajstić information content (AvgIpc) is 2.55. The summed E-state index contributed by atoms with van der Waals surface area (Å²) < 4.78 is 4.90. The molecule has 2 rings (SSSR count). The number of anilines is 1. The molecule has 1 aliphatic rings. The maximum absolute atomic E-state index is 12.6. The van der Waals surface area contributed by atoms with Crippen molar-refractivity contribution in [2.75, 3.05) is 11.9 Å². The lowest BCUT2D eigenvalue weighted by Gasteiger charge is -2.30. The molecule has 1 aromatic carbocycles. The Hall–Kier alpha value is -3.00. The van der Waals surface area contributed by atoms with Crippen LogP contribution < -0.4 is 5.32 Å². The van der Waals surface area contributed by atoms with Gasteiger partial charge in [0.2, 0.25) is 0 Å². The maximum Gasteiger partial charge on any atom is 0.316 e. The van der Waals surface area contributed by atoms with Gasteiger partial charge in [0.05, 0.1) is 11.5 Å². The summed E-state index contributed by atoms with van der Waals surface area (Å²) in [6, 6.07) is 4.03. The highest BCUT2D eigenvalue weighted by atomic mass is 16.6. The van der Waals surface area contributed by atoms with E-state index in [9.17, 15) is 24.8 Å². The molecule has 8 heteroatoms. The number of hydrogen-bond donors (Lipinski definition) is 2. The molecular weight excluding hydrogens is 328 g/mol. The second kappa shape index (κ2) is 7.27. The van der Waals surface area contributed by atoms with Gasteiger partial charge in [-0.2, -0.15) is 0 Å². The molecule has 0 spiro atoms. The van der Waals surface area contributed by atoms with E-state index in [-0.39, 0.29) is 18.0 Å². The largest absolute Gasteiger partial charge is 0.465 e. The Morgan fingerprint density at radius 3 is 2.72 bits per heavy atom. The molecule has 0 aromatic heterocycles. The van der Waals surface area contributed by atoms with Crippen molar-refractivity contribution in [3.8, 4) is 0 Å². The number of nitrogens with one attached hydrogen (secondary N) is 1. The Morgan fingerprint density at radius 1 is 1.40 bits per heavy atom. The number of benzene rings is 1. The number of ether oxygens (including phenoxy) is 1. The first-order valence-corrected chi connectivity index (χ1v) is 7.61. The molecule has 0 bridgehead atoms. The number of hydrogen-bond acceptors (Lipinski definition) is 6. The molecule has 0 fully saturated rings. The van der Waals surface area contributed by atoms with Crippen LogP contribution in [-0.4, -0.2) is 34.1 Å². The molecule has 0 saturated heterocycles. The Balaban J connectivity index is 2.24. The highest BCUT2D eigenvalue weighted by Crippen LogP contribution is 2.29. The Labute approximate surface area is 143 Å². The molecule has 8 nitrogen and oxygen atoms in total. The summed E-state index contributed by atoms with van der Waals surface area (Å²) in [6.45, 7) is 3.28. The van der Waals surface area contributed by atoms with E-state index >= 15 is 0 Å². The van der Waals surface area contributed by atoms with Crippen LogP contribution in [0.1, 0.15) is 12.5 Å². The van der Waals surface area contributed by atoms with Gasteiger partial charge in [0.15, 0.2) is 5.60 Å². The number of nitro benzene ring substituents is 1. The summed E-state index contributed by atoms with van der Waals surface area (Å²) in [5.41, 5.74) is -1.57. The van der Waals surface area contributed by atoms with Gasteiger partial charge in [0, 0.05) is 17.3 Å². The van der Waals surface area contributed by atoms with Crippen LogP contribution in [-0.2, 0) is 14.3 Å². The molecule has 1 amide bonds. The molecule has 0 heterocycles. The summed E-state index contributed by atoms with van der Waals surface area (Å²) in [6.07, 6.45) is 5.59. The second-order valence-electron chi connectivity index (χ2n) is 5.51. The molecular formula is C17H18N2O6. The van der Waals surface area contributed by atoms with Crippen molar-refractivity contribution in [3.63, 3.8) is 0 Å². The quantitative estimate of drug-likeness (QED) is 0.477. The molecule has 0 aliphatic heterocycles. The van der Waals surface area contributed by atoms with E-state index in [0.717, 1.165) is 0 Å². The van der Waals surface area contributed by atoms with Gasteiger partial charge in [-0.3, -0.25) is 19.7 Å². The number of aryl methyl sites for hydroxylation is 1. The average molecular weight is 346 g/mol. The summed E-state index contributed by atoms with van der Waals surface area (Å²) in [5, 5.41) is 24.0. The number of esters is 1. The van der Waals surface area contributed by atoms with Gasteiger partial charge in [-0.1, -0.05) is 18.2 Å². The zero-order valence-corrected chi connectivity index (χ0v) is 13.8. The third-order valence-corrected chi connectivity index (χ3v) is 3.79. The zero-order valence-electron chi connectivity index (χ0n) is 13.8. The van der Waals surface area contributed by atoms with Gasteiger partial charge in [0.1, 0.15) is 5.92 Å². The van der Waals surface area contributed by atoms with Crippen molar-refractivity contribution in [1.82, 2.24) is 0 Å². The number of amides is 1. The van der Waals surface area contributed by atoms with Gasteiger partial charge in [-0.25, -0.2) is 0 Å². The second-order valence-corrected chi connectivity index (χ2v) is 5.51. The van der Waals surface area contributed by atoms with Crippen molar-refractivity contribution < 1.29 is 24.4 Å². The van der Waals surface area contributed by atoms with Crippen LogP contribution in [0, 0.1) is 23.0 Å². The molecule has 0 radical (unpaired) electrons. The first kappa shape index (κ1) is 18.3. The minimum Gasteiger partial charge on any atom is -0.465 e. The Morgan fingerprint density at radius 2 is 2.12 bits per heavy atom. The fraction of sp³-hybridized carbons (Fsp3) is 0.294. The van der Waals surface area contributed by atoms with Gasteiger partial charge in [0.25, 0.3) is 11.6 Å². The Kier molecular flexibility index (Phi) is 5.33. The molecule has 2 unspecified atom stereocenters. The van der Waals surface area contributed by atoms with Crippen LogP contribution in [0.5, 0.6) is 0 Å². The third kappa shape index (κ3) is 3.74. The monoisotopic (exact) mass is 346 g/mol. The molecule has 1 aromatic rings. The fourth-order valence-corrected chi connectivity index (χ4v) is 2.50. The van der Waals surface area contributed by atoms with E-state index in [1.165, 1.54) is 43.4 Å². The summed E-state index contributed by atoms with van der Waals surface area (Å²) >= 11 is 0. The zero-order chi connectivity index (χ0) is 18.6. The molecule has 2 N–H and O–H groups in total. The number of allylic oxidation sites excluding steroid dienone is 2. The van der Waals surface area contributed by atoms with Crippen molar-refractivity contribution in [2.24, 2.45) is 5.92 Å². The van der Waals surface area contributed by atoms with E-state index in [1.54, 1.807) is 13.0 Å². The lowest BCUT2D eigenvalue weighted by Crippen LogP contribution is -2.51. The number of carbonyl (C=O) groups excluding carboxylic acids is 2. The van der Waals surface area contributed by atoms with Gasteiger partial charge in [-0.05, 0) is 32.1 Å². The SMILES string of the molecule is CCOC(=O)C1C=CC=CC1(O)C(=O)Nc1ccc([N+](=O)[O-])c(C)c1. The first-order chi connectivity index (χ1) is 11.8. The number of aliphatic hydroxyl groups is 1. The van der Waals surface area contributed by atoms with Crippen LogP contribution in [0.2, 0.25) is 0 Å². The van der Waals surface area contributed by atoms with E-state index in [1.807, 2.05) is 0 Å². The highest BCUT2D eigenvalue weighted by Gasteiger charge is 2.46. The van der Waals surface area contributed by atoms with Crippen molar-refractivity contribution >= 4 is 23.3 Å². The minimum absolute atomic E-state index is 0.0818. The van der Waals surface area contributed by atoms with E-state index in [4.69, 9.17) is 4.74 Å². The molecule has 25 heavy (non-hydrogen) atoms. The predicted molar refractivity (Wildman–Crippen MR) is 89.8 cm³/mol. The summed E-state index contributed by atoms with van der Waals surface area (Å²) in [4.78, 5) is 34.9. The van der Waals surface area contributed by atoms with E-state index in [2.05, 4.69) is 5.32 Å². The van der Waals surface area contributed by atoms with Crippen molar-refractivity contribution in [1.29, 1.82) is 0 Å². The standard InChI is InChI=1S/C17H18N2O6/c1-3-25-15(20)13-6-4-5-9-17(13,22)16(21)18-12-7-8-14(19(23)24)11(2)10-12/h4-10,13,22H,3H2,1-2H3,(H,18,21). The molecule has 0 saturated carbocycles. The van der Waals surface area contributed by atoms with E-state index in [0.29, 0.717) is 5.56 Å². The number of rotatable bonds is 5. The van der Waals surface area contributed by atoms with Gasteiger partial charge in [-0.15, -0.1) is 0 Å². The number of nitro groups is 1. The van der Waals surface area contributed by atoms with Crippen LogP contribution in [0.3, 0.4) is 0 Å². The lowest BCUT2D eigenvalue weighted by atomic mass is 9.83. The predicted octanol–water partition coefficient (Wildman–Crippen LogP) is 1.88. The molecule has 2 atom stereocenters. The Bertz CT molecular complexity index is 770. The van der Waals surface area contributed by atoms with Crippen LogP contribution in [0.4, 0.5) is 11.4 Å². The van der Waals surface area contributed by atoms with Crippen LogP contribution in [0.25, 0.3) is 0 Å². The lowest BCUT2D eigenvalue weighted by molar-refractivity contribution is -0.385. The fourth-order valence-electron chi connectivity index (χ4n) is 2.50. The van der Waals surface area contributed by atoms with Crippen LogP contribution >= 0.6 is 0 Å². The number of carbonyl (C=O) groups is 2. The third-order valence-electron chi connectivity index (χ3n) is 3.79. The molecule has 1 aliphatic carbocycles. The van der Waals surface area contributed by atoms with Gasteiger partial charge >= 0.3 is 5.97 Å². The first-order valence-electron chi connectivity index (χ1n) is 7.61. The van der Waals surface area contributed by atoms with E-state index < -0.39 is 28.3 Å². The minimum atomic E-state index is -2.11. The summed E-state index contributed by atoms with van der Waals surface area (Å²) in [5.74, 6) is -2.74. The highest BCUT2D eigenvalue weighted by molar-refractivity contribution is 6.02. The van der Waals surface area contributed by atoms with Gasteiger partial charge < -0.3 is 15.2 Å². The smallest absolute Gasteiger partial charge is 0.316 e. The van der Waals surface area contributed by atoms with Crippen molar-refractivity contribution in [2.45, 2.75) is 19.4 Å².